The van der Waals surface area contributed by atoms with Crippen molar-refractivity contribution in [2.75, 3.05) is 0 Å². The van der Waals surface area contributed by atoms with E-state index < -0.39 is 0 Å². The lowest BCUT2D eigenvalue weighted by Gasteiger charge is -2.09. The zero-order chi connectivity index (χ0) is 20.2. The van der Waals surface area contributed by atoms with Gasteiger partial charge in [0.15, 0.2) is 17.5 Å². The number of hydrogen-bond donors (Lipinski definition) is 2. The van der Waals surface area contributed by atoms with Crippen LogP contribution >= 0.6 is 15.9 Å². The number of aromatic nitrogens is 3. The Morgan fingerprint density at radius 1 is 0.517 bits per heavy atom. The minimum absolute atomic E-state index is 0.500. The molecular formula is C23H20BrN5. The minimum atomic E-state index is 0.500. The van der Waals surface area contributed by atoms with Crippen molar-refractivity contribution in [1.29, 1.82) is 0 Å². The first kappa shape index (κ1) is 19.4. The maximum atomic E-state index is 5.72. The maximum Gasteiger partial charge on any atom is 0.164 e. The van der Waals surface area contributed by atoms with Gasteiger partial charge in [0.25, 0.3) is 0 Å². The third-order valence-electron chi connectivity index (χ3n) is 4.63. The van der Waals surface area contributed by atoms with Crippen molar-refractivity contribution in [2.24, 2.45) is 11.5 Å². The quantitative estimate of drug-likeness (QED) is 0.469. The van der Waals surface area contributed by atoms with Gasteiger partial charge in [0, 0.05) is 34.3 Å². The van der Waals surface area contributed by atoms with E-state index >= 15 is 0 Å². The molecule has 0 amide bonds. The van der Waals surface area contributed by atoms with Gasteiger partial charge < -0.3 is 11.5 Å². The first-order chi connectivity index (χ1) is 14.2. The lowest BCUT2D eigenvalue weighted by Crippen LogP contribution is -2.01. The predicted octanol–water partition coefficient (Wildman–Crippen LogP) is 4.55. The topological polar surface area (TPSA) is 90.7 Å². The molecule has 0 aliphatic rings. The molecule has 0 aliphatic carbocycles. The molecule has 0 aliphatic heterocycles. The normalized spacial score (nSPS) is 10.9. The average Bonchev–Trinajstić information content (AvgIpc) is 2.79. The van der Waals surface area contributed by atoms with Crippen LogP contribution in [0.2, 0.25) is 0 Å². The van der Waals surface area contributed by atoms with Gasteiger partial charge >= 0.3 is 0 Å². The lowest BCUT2D eigenvalue weighted by molar-refractivity contribution is 1.05. The SMILES string of the molecule is NCc1ccc(-c2nc(-c3ccc(Br)cc3)nc(-c3ccc(CN)cc3)n2)cc1. The van der Waals surface area contributed by atoms with Gasteiger partial charge in [-0.3, -0.25) is 0 Å². The van der Waals surface area contributed by atoms with Crippen LogP contribution in [0, 0.1) is 0 Å². The second-order valence-corrected chi connectivity index (χ2v) is 7.53. The van der Waals surface area contributed by atoms with Gasteiger partial charge in [0.2, 0.25) is 0 Å². The fourth-order valence-corrected chi connectivity index (χ4v) is 3.21. The number of halogens is 1. The van der Waals surface area contributed by atoms with Crippen molar-refractivity contribution in [1.82, 2.24) is 15.0 Å². The molecular weight excluding hydrogens is 426 g/mol. The van der Waals surface area contributed by atoms with Gasteiger partial charge in [0.1, 0.15) is 0 Å². The monoisotopic (exact) mass is 445 g/mol. The summed E-state index contributed by atoms with van der Waals surface area (Å²) in [6.45, 7) is 1.00. The molecule has 0 radical (unpaired) electrons. The zero-order valence-electron chi connectivity index (χ0n) is 15.7. The largest absolute Gasteiger partial charge is 0.326 e. The first-order valence-corrected chi connectivity index (χ1v) is 10.1. The molecule has 144 valence electrons. The Hall–Kier alpha value is -2.93. The summed E-state index contributed by atoms with van der Waals surface area (Å²) in [5.41, 5.74) is 16.3. The lowest BCUT2D eigenvalue weighted by atomic mass is 10.1. The van der Waals surface area contributed by atoms with Crippen molar-refractivity contribution in [3.05, 3.63) is 88.4 Å². The van der Waals surface area contributed by atoms with Crippen molar-refractivity contribution < 1.29 is 0 Å². The van der Waals surface area contributed by atoms with E-state index in [-0.39, 0.29) is 0 Å². The second kappa shape index (κ2) is 8.61. The number of nitrogens with zero attached hydrogens (tertiary/aromatic N) is 3. The van der Waals surface area contributed by atoms with E-state index in [0.29, 0.717) is 30.6 Å². The van der Waals surface area contributed by atoms with Crippen LogP contribution in [0.3, 0.4) is 0 Å². The van der Waals surface area contributed by atoms with Gasteiger partial charge in [-0.1, -0.05) is 76.6 Å². The fraction of sp³-hybridized carbons (Fsp3) is 0.0870. The van der Waals surface area contributed by atoms with Gasteiger partial charge in [-0.25, -0.2) is 15.0 Å². The van der Waals surface area contributed by atoms with E-state index in [9.17, 15) is 0 Å². The van der Waals surface area contributed by atoms with Gasteiger partial charge in [-0.2, -0.15) is 0 Å². The van der Waals surface area contributed by atoms with Crippen LogP contribution in [0.1, 0.15) is 11.1 Å². The average molecular weight is 446 g/mol. The fourth-order valence-electron chi connectivity index (χ4n) is 2.94. The van der Waals surface area contributed by atoms with Crippen molar-refractivity contribution >= 4 is 15.9 Å². The number of hydrogen-bond acceptors (Lipinski definition) is 5. The Bertz CT molecular complexity index is 1040. The Morgan fingerprint density at radius 2 is 0.828 bits per heavy atom. The van der Waals surface area contributed by atoms with E-state index in [1.165, 1.54) is 0 Å². The van der Waals surface area contributed by atoms with Crippen LogP contribution < -0.4 is 11.5 Å². The third kappa shape index (κ3) is 4.40. The molecule has 0 saturated carbocycles. The summed E-state index contributed by atoms with van der Waals surface area (Å²) in [7, 11) is 0. The Balaban J connectivity index is 1.84. The van der Waals surface area contributed by atoms with Crippen LogP contribution in [-0.2, 0) is 13.1 Å². The molecule has 1 heterocycles. The predicted molar refractivity (Wildman–Crippen MR) is 120 cm³/mol. The second-order valence-electron chi connectivity index (χ2n) is 6.62. The highest BCUT2D eigenvalue weighted by Gasteiger charge is 2.12. The first-order valence-electron chi connectivity index (χ1n) is 9.27. The molecule has 29 heavy (non-hydrogen) atoms. The summed E-state index contributed by atoms with van der Waals surface area (Å²) >= 11 is 3.47. The summed E-state index contributed by atoms with van der Waals surface area (Å²) in [4.78, 5) is 14.2. The number of rotatable bonds is 5. The zero-order valence-corrected chi connectivity index (χ0v) is 17.3. The molecule has 0 unspecified atom stereocenters. The van der Waals surface area contributed by atoms with Crippen molar-refractivity contribution in [3.8, 4) is 34.2 Å². The van der Waals surface area contributed by atoms with E-state index in [4.69, 9.17) is 26.4 Å². The van der Waals surface area contributed by atoms with Crippen LogP contribution in [0.15, 0.2) is 77.3 Å². The van der Waals surface area contributed by atoms with Crippen molar-refractivity contribution in [2.45, 2.75) is 13.1 Å². The molecule has 6 heteroatoms. The molecule has 3 aromatic carbocycles. The standard InChI is InChI=1S/C23H20BrN5/c24-20-11-9-19(10-12-20)23-28-21(17-5-1-15(13-25)2-6-17)27-22(29-23)18-7-3-16(14-26)4-8-18/h1-12H,13-14,25-26H2. The van der Waals surface area contributed by atoms with E-state index in [1.54, 1.807) is 0 Å². The molecule has 4 rings (SSSR count). The van der Waals surface area contributed by atoms with Gasteiger partial charge in [0.05, 0.1) is 0 Å². The molecule has 0 fully saturated rings. The van der Waals surface area contributed by atoms with Gasteiger partial charge in [-0.15, -0.1) is 0 Å². The molecule has 4 N–H and O–H groups in total. The Kier molecular flexibility index (Phi) is 5.76. The molecule has 5 nitrogen and oxygen atoms in total. The van der Waals surface area contributed by atoms with E-state index in [0.717, 1.165) is 32.3 Å². The molecule has 0 saturated heterocycles. The summed E-state index contributed by atoms with van der Waals surface area (Å²) in [5.74, 6) is 1.88. The maximum absolute atomic E-state index is 5.72. The Labute approximate surface area is 178 Å². The molecule has 0 atom stereocenters. The summed E-state index contributed by atoms with van der Waals surface area (Å²) < 4.78 is 1.01. The van der Waals surface area contributed by atoms with Crippen LogP contribution in [0.4, 0.5) is 0 Å². The van der Waals surface area contributed by atoms with Crippen LogP contribution in [0.25, 0.3) is 34.2 Å². The van der Waals surface area contributed by atoms with Crippen LogP contribution in [-0.4, -0.2) is 15.0 Å². The third-order valence-corrected chi connectivity index (χ3v) is 5.16. The van der Waals surface area contributed by atoms with E-state index in [1.807, 2.05) is 72.8 Å². The van der Waals surface area contributed by atoms with Gasteiger partial charge in [-0.05, 0) is 23.3 Å². The van der Waals surface area contributed by atoms with E-state index in [2.05, 4.69) is 15.9 Å². The highest BCUT2D eigenvalue weighted by atomic mass is 79.9. The highest BCUT2D eigenvalue weighted by Crippen LogP contribution is 2.26. The number of benzene rings is 3. The highest BCUT2D eigenvalue weighted by molar-refractivity contribution is 9.10. The molecule has 1 aromatic heterocycles. The number of nitrogens with two attached hydrogens (primary N) is 2. The van der Waals surface area contributed by atoms with Crippen LogP contribution in [0.5, 0.6) is 0 Å². The smallest absolute Gasteiger partial charge is 0.164 e. The summed E-state index contributed by atoms with van der Waals surface area (Å²) in [6.07, 6.45) is 0. The Morgan fingerprint density at radius 3 is 1.14 bits per heavy atom. The van der Waals surface area contributed by atoms with Crippen molar-refractivity contribution in [3.63, 3.8) is 0 Å². The molecule has 4 aromatic rings. The molecule has 0 spiro atoms. The molecule has 0 bridgehead atoms. The summed E-state index contributed by atoms with van der Waals surface area (Å²) in [5, 5.41) is 0. The summed E-state index contributed by atoms with van der Waals surface area (Å²) in [6, 6.07) is 23.9. The minimum Gasteiger partial charge on any atom is -0.326 e.